The number of thioether (sulfide) groups is 1. The van der Waals surface area contributed by atoms with Crippen LogP contribution in [0.25, 0.3) is 16.7 Å². The molecule has 0 amide bonds. The number of H-pyrrole nitrogens is 1. The largest absolute Gasteiger partial charge is 0.494 e. The highest BCUT2D eigenvalue weighted by Crippen LogP contribution is 2.25. The van der Waals surface area contributed by atoms with Crippen LogP contribution in [0.2, 0.25) is 5.02 Å². The SMILES string of the molecule is COc1ccccc1-n1ncc2c(=O)[nH]c(SCc3ccc(Cl)cc3)nc21. The molecule has 0 unspecified atom stereocenters. The lowest BCUT2D eigenvalue weighted by Gasteiger charge is -2.09. The Morgan fingerprint density at radius 3 is 2.74 bits per heavy atom. The van der Waals surface area contributed by atoms with E-state index in [9.17, 15) is 4.79 Å². The zero-order valence-corrected chi connectivity index (χ0v) is 15.9. The van der Waals surface area contributed by atoms with E-state index in [0.717, 1.165) is 11.3 Å². The minimum Gasteiger partial charge on any atom is -0.494 e. The molecule has 0 saturated carbocycles. The van der Waals surface area contributed by atoms with Gasteiger partial charge in [0.05, 0.1) is 13.3 Å². The predicted molar refractivity (Wildman–Crippen MR) is 107 cm³/mol. The molecule has 0 bridgehead atoms. The standard InChI is InChI=1S/C19H15ClN4O2S/c1-26-16-5-3-2-4-15(16)24-17-14(10-21-24)18(25)23-19(22-17)27-11-12-6-8-13(20)9-7-12/h2-10H,11H2,1H3,(H,22,23,25). The minimum absolute atomic E-state index is 0.222. The quantitative estimate of drug-likeness (QED) is 0.405. The van der Waals surface area contributed by atoms with Crippen LogP contribution in [0, 0.1) is 0 Å². The van der Waals surface area contributed by atoms with Gasteiger partial charge in [0.1, 0.15) is 16.8 Å². The molecule has 2 aromatic heterocycles. The van der Waals surface area contributed by atoms with Gasteiger partial charge in [-0.2, -0.15) is 5.10 Å². The number of methoxy groups -OCH3 is 1. The summed E-state index contributed by atoms with van der Waals surface area (Å²) in [5.74, 6) is 1.31. The van der Waals surface area contributed by atoms with Crippen LogP contribution < -0.4 is 10.3 Å². The van der Waals surface area contributed by atoms with Crippen molar-refractivity contribution in [2.75, 3.05) is 7.11 Å². The van der Waals surface area contributed by atoms with Crippen molar-refractivity contribution in [2.24, 2.45) is 0 Å². The molecule has 0 atom stereocenters. The maximum atomic E-state index is 12.4. The number of rotatable bonds is 5. The molecule has 4 aromatic rings. The molecular formula is C19H15ClN4O2S. The fourth-order valence-electron chi connectivity index (χ4n) is 2.68. The molecule has 2 aromatic carbocycles. The van der Waals surface area contributed by atoms with Crippen LogP contribution in [-0.2, 0) is 5.75 Å². The van der Waals surface area contributed by atoms with E-state index < -0.39 is 0 Å². The molecule has 8 heteroatoms. The average Bonchev–Trinajstić information content (AvgIpc) is 3.12. The third-order valence-corrected chi connectivity index (χ3v) is 5.21. The number of aromatic amines is 1. The third-order valence-electron chi connectivity index (χ3n) is 4.02. The maximum absolute atomic E-state index is 12.4. The Labute approximate surface area is 164 Å². The van der Waals surface area contributed by atoms with E-state index in [-0.39, 0.29) is 5.56 Å². The van der Waals surface area contributed by atoms with E-state index >= 15 is 0 Å². The first-order valence-electron chi connectivity index (χ1n) is 8.14. The van der Waals surface area contributed by atoms with Gasteiger partial charge >= 0.3 is 0 Å². The van der Waals surface area contributed by atoms with Gasteiger partial charge in [0.15, 0.2) is 10.8 Å². The summed E-state index contributed by atoms with van der Waals surface area (Å²) < 4.78 is 7.02. The van der Waals surface area contributed by atoms with Crippen molar-refractivity contribution in [3.05, 3.63) is 75.7 Å². The molecule has 0 fully saturated rings. The average molecular weight is 399 g/mol. The van der Waals surface area contributed by atoms with E-state index in [0.29, 0.717) is 32.7 Å². The lowest BCUT2D eigenvalue weighted by molar-refractivity contribution is 0.412. The summed E-state index contributed by atoms with van der Waals surface area (Å²) in [6, 6.07) is 15.1. The predicted octanol–water partition coefficient (Wildman–Crippen LogP) is 4.06. The summed E-state index contributed by atoms with van der Waals surface area (Å²) in [7, 11) is 1.60. The first kappa shape index (κ1) is 17.6. The number of benzene rings is 2. The van der Waals surface area contributed by atoms with Gasteiger partial charge in [0.25, 0.3) is 5.56 Å². The monoisotopic (exact) mass is 398 g/mol. The van der Waals surface area contributed by atoms with Crippen LogP contribution in [-0.4, -0.2) is 26.9 Å². The fourth-order valence-corrected chi connectivity index (χ4v) is 3.62. The molecular weight excluding hydrogens is 384 g/mol. The summed E-state index contributed by atoms with van der Waals surface area (Å²) in [6.07, 6.45) is 1.52. The van der Waals surface area contributed by atoms with Crippen molar-refractivity contribution < 1.29 is 4.74 Å². The molecule has 0 radical (unpaired) electrons. The lowest BCUT2D eigenvalue weighted by atomic mass is 10.2. The number of para-hydroxylation sites is 2. The van der Waals surface area contributed by atoms with Crippen molar-refractivity contribution in [2.45, 2.75) is 10.9 Å². The van der Waals surface area contributed by atoms with Gasteiger partial charge in [-0.3, -0.25) is 4.79 Å². The van der Waals surface area contributed by atoms with Gasteiger partial charge in [-0.1, -0.05) is 47.6 Å². The van der Waals surface area contributed by atoms with Crippen LogP contribution in [0.3, 0.4) is 0 Å². The number of nitrogens with one attached hydrogen (secondary N) is 1. The van der Waals surface area contributed by atoms with E-state index in [1.165, 1.54) is 18.0 Å². The smallest absolute Gasteiger partial charge is 0.262 e. The number of halogens is 1. The number of aromatic nitrogens is 4. The van der Waals surface area contributed by atoms with E-state index in [1.54, 1.807) is 11.8 Å². The molecule has 0 saturated heterocycles. The molecule has 27 heavy (non-hydrogen) atoms. The van der Waals surface area contributed by atoms with Gasteiger partial charge in [0.2, 0.25) is 0 Å². The van der Waals surface area contributed by atoms with E-state index in [4.69, 9.17) is 16.3 Å². The highest BCUT2D eigenvalue weighted by molar-refractivity contribution is 7.98. The number of hydrogen-bond donors (Lipinski definition) is 1. The highest BCUT2D eigenvalue weighted by Gasteiger charge is 2.14. The van der Waals surface area contributed by atoms with Crippen molar-refractivity contribution in [3.63, 3.8) is 0 Å². The summed E-state index contributed by atoms with van der Waals surface area (Å²) in [5.41, 5.74) is 2.08. The molecule has 4 rings (SSSR count). The summed E-state index contributed by atoms with van der Waals surface area (Å²) >= 11 is 7.36. The van der Waals surface area contributed by atoms with Crippen LogP contribution in [0.1, 0.15) is 5.56 Å². The second kappa shape index (κ2) is 7.46. The first-order valence-corrected chi connectivity index (χ1v) is 9.51. The van der Waals surface area contributed by atoms with Gasteiger partial charge in [-0.25, -0.2) is 9.67 Å². The Balaban J connectivity index is 1.71. The Kier molecular flexibility index (Phi) is 4.87. The molecule has 2 heterocycles. The fraction of sp³-hybridized carbons (Fsp3) is 0.105. The van der Waals surface area contributed by atoms with E-state index in [1.807, 2.05) is 48.5 Å². The Hall–Kier alpha value is -2.77. The molecule has 136 valence electrons. The van der Waals surface area contributed by atoms with Gasteiger partial charge in [-0.15, -0.1) is 0 Å². The van der Waals surface area contributed by atoms with Crippen molar-refractivity contribution in [1.29, 1.82) is 0 Å². The van der Waals surface area contributed by atoms with Gasteiger partial charge in [-0.05, 0) is 29.8 Å². The van der Waals surface area contributed by atoms with Gasteiger partial charge < -0.3 is 9.72 Å². The van der Waals surface area contributed by atoms with Crippen LogP contribution in [0.15, 0.2) is 64.7 Å². The van der Waals surface area contributed by atoms with Crippen LogP contribution >= 0.6 is 23.4 Å². The number of ether oxygens (including phenoxy) is 1. The molecule has 0 aliphatic carbocycles. The Bertz CT molecular complexity index is 1150. The van der Waals surface area contributed by atoms with Crippen LogP contribution in [0.4, 0.5) is 0 Å². The third kappa shape index (κ3) is 3.56. The second-order valence-corrected chi connectivity index (χ2v) is 7.15. The van der Waals surface area contributed by atoms with Crippen molar-refractivity contribution in [1.82, 2.24) is 19.7 Å². The summed E-state index contributed by atoms with van der Waals surface area (Å²) in [4.78, 5) is 19.9. The molecule has 6 nitrogen and oxygen atoms in total. The number of hydrogen-bond acceptors (Lipinski definition) is 5. The summed E-state index contributed by atoms with van der Waals surface area (Å²) in [5, 5.41) is 5.98. The molecule has 0 spiro atoms. The van der Waals surface area contributed by atoms with E-state index in [2.05, 4.69) is 15.1 Å². The van der Waals surface area contributed by atoms with Crippen molar-refractivity contribution >= 4 is 34.4 Å². The number of nitrogens with zero attached hydrogens (tertiary/aromatic N) is 3. The molecule has 0 aliphatic rings. The zero-order valence-electron chi connectivity index (χ0n) is 14.3. The zero-order chi connectivity index (χ0) is 18.8. The molecule has 0 aliphatic heterocycles. The molecule has 1 N–H and O–H groups in total. The first-order chi connectivity index (χ1) is 13.2. The summed E-state index contributed by atoms with van der Waals surface area (Å²) in [6.45, 7) is 0. The highest BCUT2D eigenvalue weighted by atomic mass is 35.5. The maximum Gasteiger partial charge on any atom is 0.262 e. The lowest BCUT2D eigenvalue weighted by Crippen LogP contribution is -2.10. The Morgan fingerprint density at radius 1 is 1.19 bits per heavy atom. The normalized spacial score (nSPS) is 11.0. The number of fused-ring (bicyclic) bond motifs is 1. The minimum atomic E-state index is -0.222. The Morgan fingerprint density at radius 2 is 1.96 bits per heavy atom. The van der Waals surface area contributed by atoms with Crippen molar-refractivity contribution in [3.8, 4) is 11.4 Å². The van der Waals surface area contributed by atoms with Crippen LogP contribution in [0.5, 0.6) is 5.75 Å². The second-order valence-electron chi connectivity index (χ2n) is 5.75. The van der Waals surface area contributed by atoms with Gasteiger partial charge in [0, 0.05) is 10.8 Å². The topological polar surface area (TPSA) is 72.8 Å².